The standard InChI is InChI=1S/C15H21ClN2O2/c1-20-15(19)7-11-6-13(17)10-18(8-11)9-12-4-2-3-5-14(12)16/h2-5,11,13H,6-10,17H2,1H3. The van der Waals surface area contributed by atoms with Crippen molar-refractivity contribution >= 4 is 17.6 Å². The molecule has 0 bridgehead atoms. The summed E-state index contributed by atoms with van der Waals surface area (Å²) in [4.78, 5) is 13.7. The van der Waals surface area contributed by atoms with Crippen LogP contribution in [0.15, 0.2) is 24.3 Å². The highest BCUT2D eigenvalue weighted by Gasteiger charge is 2.27. The molecular weight excluding hydrogens is 276 g/mol. The molecule has 0 spiro atoms. The maximum atomic E-state index is 11.4. The Labute approximate surface area is 124 Å². The molecule has 0 aromatic heterocycles. The normalized spacial score (nSPS) is 23.6. The van der Waals surface area contributed by atoms with Crippen LogP contribution in [0.3, 0.4) is 0 Å². The number of likely N-dealkylation sites (tertiary alicyclic amines) is 1. The van der Waals surface area contributed by atoms with E-state index in [0.29, 0.717) is 6.42 Å². The van der Waals surface area contributed by atoms with Gasteiger partial charge in [0.25, 0.3) is 0 Å². The Morgan fingerprint density at radius 2 is 2.20 bits per heavy atom. The minimum Gasteiger partial charge on any atom is -0.469 e. The van der Waals surface area contributed by atoms with Gasteiger partial charge in [-0.25, -0.2) is 0 Å². The molecule has 0 amide bonds. The van der Waals surface area contributed by atoms with Gasteiger partial charge < -0.3 is 10.5 Å². The molecule has 5 heteroatoms. The van der Waals surface area contributed by atoms with Crippen LogP contribution >= 0.6 is 11.6 Å². The fraction of sp³-hybridized carbons (Fsp3) is 0.533. The minimum atomic E-state index is -0.165. The van der Waals surface area contributed by atoms with Gasteiger partial charge in [0.1, 0.15) is 0 Å². The molecule has 1 heterocycles. The summed E-state index contributed by atoms with van der Waals surface area (Å²) >= 11 is 6.19. The highest BCUT2D eigenvalue weighted by molar-refractivity contribution is 6.31. The van der Waals surface area contributed by atoms with Gasteiger partial charge in [-0.3, -0.25) is 9.69 Å². The molecule has 20 heavy (non-hydrogen) atoms. The quantitative estimate of drug-likeness (QED) is 0.864. The zero-order chi connectivity index (χ0) is 14.5. The molecule has 1 aromatic carbocycles. The van der Waals surface area contributed by atoms with Gasteiger partial charge in [0.05, 0.1) is 7.11 Å². The van der Waals surface area contributed by atoms with Crippen molar-refractivity contribution in [3.63, 3.8) is 0 Å². The van der Waals surface area contributed by atoms with Crippen molar-refractivity contribution in [1.82, 2.24) is 4.90 Å². The number of halogens is 1. The molecule has 1 aromatic rings. The fourth-order valence-electron chi connectivity index (χ4n) is 2.81. The van der Waals surface area contributed by atoms with Crippen molar-refractivity contribution in [1.29, 1.82) is 0 Å². The zero-order valence-corrected chi connectivity index (χ0v) is 12.5. The van der Waals surface area contributed by atoms with E-state index in [2.05, 4.69) is 4.90 Å². The van der Waals surface area contributed by atoms with E-state index >= 15 is 0 Å². The van der Waals surface area contributed by atoms with E-state index in [1.165, 1.54) is 7.11 Å². The van der Waals surface area contributed by atoms with Crippen LogP contribution in [0, 0.1) is 5.92 Å². The molecule has 1 saturated heterocycles. The van der Waals surface area contributed by atoms with E-state index in [0.717, 1.165) is 36.6 Å². The smallest absolute Gasteiger partial charge is 0.305 e. The molecule has 2 N–H and O–H groups in total. The molecule has 2 rings (SSSR count). The van der Waals surface area contributed by atoms with Crippen molar-refractivity contribution in [2.45, 2.75) is 25.4 Å². The van der Waals surface area contributed by atoms with Gasteiger partial charge in [0.2, 0.25) is 0 Å². The van der Waals surface area contributed by atoms with Crippen LogP contribution in [-0.4, -0.2) is 37.1 Å². The van der Waals surface area contributed by atoms with Crippen molar-refractivity contribution in [3.8, 4) is 0 Å². The molecule has 1 aliphatic heterocycles. The third kappa shape index (κ3) is 4.20. The number of methoxy groups -OCH3 is 1. The highest BCUT2D eigenvalue weighted by Crippen LogP contribution is 2.23. The summed E-state index contributed by atoms with van der Waals surface area (Å²) in [6, 6.07) is 7.93. The number of carbonyl (C=O) groups is 1. The van der Waals surface area contributed by atoms with E-state index in [1.54, 1.807) is 0 Å². The van der Waals surface area contributed by atoms with E-state index in [-0.39, 0.29) is 17.9 Å². The maximum Gasteiger partial charge on any atom is 0.305 e. The van der Waals surface area contributed by atoms with Crippen LogP contribution in [0.5, 0.6) is 0 Å². The molecule has 4 nitrogen and oxygen atoms in total. The SMILES string of the molecule is COC(=O)CC1CC(N)CN(Cc2ccccc2Cl)C1. The zero-order valence-electron chi connectivity index (χ0n) is 11.7. The van der Waals surface area contributed by atoms with Crippen molar-refractivity contribution in [3.05, 3.63) is 34.9 Å². The number of rotatable bonds is 4. The summed E-state index contributed by atoms with van der Waals surface area (Å²) in [5, 5.41) is 0.774. The number of hydrogen-bond acceptors (Lipinski definition) is 4. The Kier molecular flexibility index (Phi) is 5.40. The second-order valence-electron chi connectivity index (χ2n) is 5.43. The third-order valence-electron chi connectivity index (χ3n) is 3.68. The Balaban J connectivity index is 1.97. The molecule has 2 atom stereocenters. The van der Waals surface area contributed by atoms with Crippen LogP contribution in [0.4, 0.5) is 0 Å². The third-order valence-corrected chi connectivity index (χ3v) is 4.05. The minimum absolute atomic E-state index is 0.0980. The fourth-order valence-corrected chi connectivity index (χ4v) is 3.01. The highest BCUT2D eigenvalue weighted by atomic mass is 35.5. The number of benzene rings is 1. The van der Waals surface area contributed by atoms with Gasteiger partial charge >= 0.3 is 5.97 Å². The van der Waals surface area contributed by atoms with E-state index in [4.69, 9.17) is 22.1 Å². The number of piperidine rings is 1. The maximum absolute atomic E-state index is 11.4. The van der Waals surface area contributed by atoms with Crippen molar-refractivity contribution < 1.29 is 9.53 Å². The number of nitrogens with two attached hydrogens (primary N) is 1. The molecule has 0 saturated carbocycles. The van der Waals surface area contributed by atoms with E-state index in [1.807, 2.05) is 24.3 Å². The second kappa shape index (κ2) is 7.07. The summed E-state index contributed by atoms with van der Waals surface area (Å²) < 4.78 is 4.74. The van der Waals surface area contributed by atoms with Crippen LogP contribution in [0.1, 0.15) is 18.4 Å². The van der Waals surface area contributed by atoms with Crippen LogP contribution in [0.25, 0.3) is 0 Å². The van der Waals surface area contributed by atoms with Crippen LogP contribution in [0.2, 0.25) is 5.02 Å². The number of hydrogen-bond donors (Lipinski definition) is 1. The van der Waals surface area contributed by atoms with Crippen molar-refractivity contribution in [2.24, 2.45) is 11.7 Å². The lowest BCUT2D eigenvalue weighted by molar-refractivity contribution is -0.142. The summed E-state index contributed by atoms with van der Waals surface area (Å²) in [5.74, 6) is 0.0930. The molecular formula is C15H21ClN2O2. The van der Waals surface area contributed by atoms with Gasteiger partial charge in [0.15, 0.2) is 0 Å². The molecule has 1 fully saturated rings. The van der Waals surface area contributed by atoms with Gasteiger partial charge in [-0.15, -0.1) is 0 Å². The predicted octanol–water partition coefficient (Wildman–Crippen LogP) is 2.05. The number of esters is 1. The largest absolute Gasteiger partial charge is 0.469 e. The number of nitrogens with zero attached hydrogens (tertiary/aromatic N) is 1. The molecule has 2 unspecified atom stereocenters. The molecule has 0 aliphatic carbocycles. The summed E-state index contributed by atoms with van der Waals surface area (Å²) in [6.45, 7) is 2.46. The Morgan fingerprint density at radius 1 is 1.45 bits per heavy atom. The average Bonchev–Trinajstić information content (AvgIpc) is 2.40. The second-order valence-corrected chi connectivity index (χ2v) is 5.83. The number of ether oxygens (including phenoxy) is 1. The first-order chi connectivity index (χ1) is 9.58. The van der Waals surface area contributed by atoms with Crippen LogP contribution < -0.4 is 5.73 Å². The summed E-state index contributed by atoms with van der Waals surface area (Å²) in [6.07, 6.45) is 1.30. The molecule has 110 valence electrons. The first-order valence-corrected chi connectivity index (χ1v) is 7.24. The molecule has 0 radical (unpaired) electrons. The first-order valence-electron chi connectivity index (χ1n) is 6.86. The Morgan fingerprint density at radius 3 is 2.90 bits per heavy atom. The van der Waals surface area contributed by atoms with Crippen LogP contribution in [-0.2, 0) is 16.1 Å². The Hall–Kier alpha value is -1.10. The molecule has 1 aliphatic rings. The van der Waals surface area contributed by atoms with Crippen molar-refractivity contribution in [2.75, 3.05) is 20.2 Å². The topological polar surface area (TPSA) is 55.6 Å². The van der Waals surface area contributed by atoms with E-state index < -0.39 is 0 Å². The van der Waals surface area contributed by atoms with E-state index in [9.17, 15) is 4.79 Å². The predicted molar refractivity (Wildman–Crippen MR) is 79.4 cm³/mol. The number of carbonyl (C=O) groups excluding carboxylic acids is 1. The summed E-state index contributed by atoms with van der Waals surface area (Å²) in [5.41, 5.74) is 7.19. The van der Waals surface area contributed by atoms with Gasteiger partial charge in [0, 0.05) is 37.1 Å². The van der Waals surface area contributed by atoms with Gasteiger partial charge in [-0.2, -0.15) is 0 Å². The Bertz CT molecular complexity index is 467. The lowest BCUT2D eigenvalue weighted by Crippen LogP contribution is -2.47. The monoisotopic (exact) mass is 296 g/mol. The lowest BCUT2D eigenvalue weighted by Gasteiger charge is -2.36. The first kappa shape index (κ1) is 15.3. The summed E-state index contributed by atoms with van der Waals surface area (Å²) in [7, 11) is 1.42. The van der Waals surface area contributed by atoms with Gasteiger partial charge in [-0.1, -0.05) is 29.8 Å². The van der Waals surface area contributed by atoms with Gasteiger partial charge in [-0.05, 0) is 24.0 Å². The average molecular weight is 297 g/mol. The lowest BCUT2D eigenvalue weighted by atomic mass is 9.91.